The first-order valence-corrected chi connectivity index (χ1v) is 7.93. The average Bonchev–Trinajstić information content (AvgIpc) is 2.56. The molecule has 2 aromatic rings. The minimum Gasteiger partial charge on any atom is -0.508 e. The van der Waals surface area contributed by atoms with Crippen molar-refractivity contribution in [3.05, 3.63) is 59.9 Å². The van der Waals surface area contributed by atoms with E-state index in [4.69, 9.17) is 0 Å². The van der Waals surface area contributed by atoms with Crippen LogP contribution in [0.25, 0.3) is 0 Å². The maximum Gasteiger partial charge on any atom is 0.133 e. The van der Waals surface area contributed by atoms with Crippen LogP contribution in [0.5, 0.6) is 5.75 Å². The van der Waals surface area contributed by atoms with Crippen LogP contribution >= 0.6 is 0 Å². The van der Waals surface area contributed by atoms with Gasteiger partial charge in [0.2, 0.25) is 0 Å². The Balaban J connectivity index is 1.84. The molecule has 2 aromatic carbocycles. The number of carbonyl (C=O) groups is 1. The number of rotatable bonds is 4. The van der Waals surface area contributed by atoms with Crippen molar-refractivity contribution in [2.75, 3.05) is 4.90 Å². The molecule has 0 amide bonds. The van der Waals surface area contributed by atoms with E-state index >= 15 is 0 Å². The number of Topliss-reactive ketones (excluding diaryl/α,β-unsaturated/α-hetero) is 1. The molecular weight excluding hydrogens is 293 g/mol. The molecule has 0 saturated heterocycles. The van der Waals surface area contributed by atoms with Crippen LogP contribution in [0.4, 0.5) is 10.1 Å². The third-order valence-corrected chi connectivity index (χ3v) is 4.40. The first kappa shape index (κ1) is 15.5. The summed E-state index contributed by atoms with van der Waals surface area (Å²) in [6, 6.07) is 13.9. The molecular formula is C19H20FNO2. The Bertz CT molecular complexity index is 657. The monoisotopic (exact) mass is 313 g/mol. The summed E-state index contributed by atoms with van der Waals surface area (Å²) in [7, 11) is 0. The summed E-state index contributed by atoms with van der Waals surface area (Å²) >= 11 is 0. The highest BCUT2D eigenvalue weighted by Crippen LogP contribution is 2.28. The Morgan fingerprint density at radius 2 is 1.61 bits per heavy atom. The van der Waals surface area contributed by atoms with Gasteiger partial charge < -0.3 is 10.0 Å². The quantitative estimate of drug-likeness (QED) is 0.926. The Morgan fingerprint density at radius 1 is 1.00 bits per heavy atom. The molecule has 1 fully saturated rings. The van der Waals surface area contributed by atoms with Gasteiger partial charge >= 0.3 is 0 Å². The molecule has 0 aliphatic heterocycles. The smallest absolute Gasteiger partial charge is 0.133 e. The lowest BCUT2D eigenvalue weighted by Gasteiger charge is -2.36. The van der Waals surface area contributed by atoms with Gasteiger partial charge in [0.05, 0.1) is 0 Å². The number of carbonyl (C=O) groups excluding carboxylic acids is 1. The minimum absolute atomic E-state index is 0.241. The lowest BCUT2D eigenvalue weighted by molar-refractivity contribution is -0.120. The van der Waals surface area contributed by atoms with Crippen molar-refractivity contribution in [1.29, 1.82) is 0 Å². The van der Waals surface area contributed by atoms with E-state index in [1.54, 1.807) is 24.3 Å². The van der Waals surface area contributed by atoms with Crippen molar-refractivity contribution < 1.29 is 14.3 Å². The highest BCUT2D eigenvalue weighted by atomic mass is 19.1. The first-order chi connectivity index (χ1) is 11.1. The molecule has 0 aromatic heterocycles. The van der Waals surface area contributed by atoms with Gasteiger partial charge in [-0.15, -0.1) is 0 Å². The Labute approximate surface area is 135 Å². The molecule has 0 radical (unpaired) electrons. The fourth-order valence-corrected chi connectivity index (χ4v) is 3.10. The van der Waals surface area contributed by atoms with Crippen molar-refractivity contribution >= 4 is 11.5 Å². The Hall–Kier alpha value is -2.36. The number of hydrogen-bond donors (Lipinski definition) is 1. The van der Waals surface area contributed by atoms with Crippen LogP contribution in [0, 0.1) is 5.82 Å². The van der Waals surface area contributed by atoms with Crippen LogP contribution in [-0.4, -0.2) is 16.9 Å². The third-order valence-electron chi connectivity index (χ3n) is 4.40. The van der Waals surface area contributed by atoms with Gasteiger partial charge in [-0.3, -0.25) is 4.79 Å². The highest BCUT2D eigenvalue weighted by Gasteiger charge is 2.25. The van der Waals surface area contributed by atoms with Gasteiger partial charge in [-0.2, -0.15) is 0 Å². The van der Waals surface area contributed by atoms with E-state index < -0.39 is 0 Å². The van der Waals surface area contributed by atoms with Crippen LogP contribution in [0.1, 0.15) is 31.2 Å². The van der Waals surface area contributed by atoms with Crippen molar-refractivity contribution in [2.24, 2.45) is 0 Å². The number of phenols is 1. The highest BCUT2D eigenvalue weighted by molar-refractivity contribution is 5.79. The summed E-state index contributed by atoms with van der Waals surface area (Å²) in [6.45, 7) is 0.671. The summed E-state index contributed by atoms with van der Waals surface area (Å²) in [6.07, 6.45) is 2.87. The predicted molar refractivity (Wildman–Crippen MR) is 88.0 cm³/mol. The van der Waals surface area contributed by atoms with Crippen molar-refractivity contribution in [3.63, 3.8) is 0 Å². The number of benzene rings is 2. The molecule has 1 N–H and O–H groups in total. The zero-order valence-corrected chi connectivity index (χ0v) is 12.9. The van der Waals surface area contributed by atoms with E-state index in [1.807, 2.05) is 12.1 Å². The number of ketones is 1. The second kappa shape index (κ2) is 6.82. The number of nitrogens with zero attached hydrogens (tertiary/aromatic N) is 1. The predicted octanol–water partition coefficient (Wildman–Crippen LogP) is 4.05. The molecule has 0 bridgehead atoms. The number of aromatic hydroxyl groups is 1. The molecule has 1 aliphatic carbocycles. The number of hydrogen-bond acceptors (Lipinski definition) is 3. The summed E-state index contributed by atoms with van der Waals surface area (Å²) in [5, 5.41) is 9.42. The fraction of sp³-hybridized carbons (Fsp3) is 0.316. The molecule has 23 heavy (non-hydrogen) atoms. The normalized spacial score (nSPS) is 15.6. The summed E-state index contributed by atoms with van der Waals surface area (Å²) in [5.74, 6) is 0.312. The molecule has 0 unspecified atom stereocenters. The van der Waals surface area contributed by atoms with Crippen molar-refractivity contribution in [2.45, 2.75) is 38.3 Å². The van der Waals surface area contributed by atoms with Crippen LogP contribution < -0.4 is 4.90 Å². The van der Waals surface area contributed by atoms with E-state index in [-0.39, 0.29) is 17.6 Å². The van der Waals surface area contributed by atoms with Crippen LogP contribution in [0.2, 0.25) is 0 Å². The Morgan fingerprint density at radius 3 is 2.22 bits per heavy atom. The number of phenolic OH excluding ortho intramolecular Hbond substituents is 1. The van der Waals surface area contributed by atoms with Gasteiger partial charge in [-0.1, -0.05) is 12.1 Å². The molecule has 4 heteroatoms. The van der Waals surface area contributed by atoms with Crippen molar-refractivity contribution in [3.8, 4) is 5.75 Å². The molecule has 1 saturated carbocycles. The topological polar surface area (TPSA) is 40.5 Å². The summed E-state index contributed by atoms with van der Waals surface area (Å²) in [4.78, 5) is 13.7. The number of anilines is 1. The first-order valence-electron chi connectivity index (χ1n) is 7.93. The summed E-state index contributed by atoms with van der Waals surface area (Å²) < 4.78 is 13.2. The molecule has 0 spiro atoms. The fourth-order valence-electron chi connectivity index (χ4n) is 3.10. The Kier molecular flexibility index (Phi) is 4.60. The summed E-state index contributed by atoms with van der Waals surface area (Å²) in [5.41, 5.74) is 2.03. The van der Waals surface area contributed by atoms with Gasteiger partial charge in [-0.05, 0) is 54.8 Å². The molecule has 0 atom stereocenters. The lowest BCUT2D eigenvalue weighted by atomic mass is 9.92. The van der Waals surface area contributed by atoms with Gasteiger partial charge in [0.25, 0.3) is 0 Å². The minimum atomic E-state index is -0.253. The van der Waals surface area contributed by atoms with Gasteiger partial charge in [0, 0.05) is 31.1 Å². The molecule has 1 aliphatic rings. The van der Waals surface area contributed by atoms with E-state index in [0.29, 0.717) is 25.2 Å². The third kappa shape index (κ3) is 3.89. The maximum absolute atomic E-state index is 13.2. The molecule has 0 heterocycles. The maximum atomic E-state index is 13.2. The van der Waals surface area contributed by atoms with Gasteiger partial charge in [-0.25, -0.2) is 4.39 Å². The van der Waals surface area contributed by atoms with Gasteiger partial charge in [0.1, 0.15) is 17.3 Å². The second-order valence-corrected chi connectivity index (χ2v) is 6.04. The van der Waals surface area contributed by atoms with E-state index in [0.717, 1.165) is 24.1 Å². The molecule has 120 valence electrons. The second-order valence-electron chi connectivity index (χ2n) is 6.04. The standard InChI is InChI=1S/C19H20FNO2/c20-15-3-5-16(6-4-15)21(17-7-11-19(23)12-8-17)13-14-1-9-18(22)10-2-14/h1-6,9-10,17,22H,7-8,11-13H2. The van der Waals surface area contributed by atoms with Gasteiger partial charge in [0.15, 0.2) is 0 Å². The largest absolute Gasteiger partial charge is 0.508 e. The molecule has 3 rings (SSSR count). The van der Waals surface area contributed by atoms with E-state index in [2.05, 4.69) is 4.90 Å². The van der Waals surface area contributed by atoms with E-state index in [9.17, 15) is 14.3 Å². The average molecular weight is 313 g/mol. The molecule has 3 nitrogen and oxygen atoms in total. The van der Waals surface area contributed by atoms with Crippen LogP contribution in [-0.2, 0) is 11.3 Å². The zero-order valence-electron chi connectivity index (χ0n) is 12.9. The lowest BCUT2D eigenvalue weighted by Crippen LogP contribution is -2.38. The van der Waals surface area contributed by atoms with E-state index in [1.165, 1.54) is 12.1 Å². The van der Waals surface area contributed by atoms with Crippen LogP contribution in [0.3, 0.4) is 0 Å². The van der Waals surface area contributed by atoms with Crippen LogP contribution in [0.15, 0.2) is 48.5 Å². The zero-order chi connectivity index (χ0) is 16.2. The van der Waals surface area contributed by atoms with Crippen molar-refractivity contribution in [1.82, 2.24) is 0 Å². The number of halogens is 1. The SMILES string of the molecule is O=C1CCC(N(Cc2ccc(O)cc2)c2ccc(F)cc2)CC1.